The molecule has 3 aromatic rings. The number of piperazine rings is 1. The standard InChI is InChI=1S/C30H37ClN2O/c1-22(2)26-14-13-25(21-24(26)4)34-30(27-10-6-5-9-23(27)3)15-16-32-17-19-33(20-18-32)29-12-8-7-11-28(29)31/h5-14,21-22,30H,15-20H2,1-4H3/t30-/m0/s1. The van der Waals surface area contributed by atoms with Crippen molar-refractivity contribution in [3.05, 3.63) is 94.0 Å². The van der Waals surface area contributed by atoms with Gasteiger partial charge in [-0.25, -0.2) is 0 Å². The molecule has 0 amide bonds. The van der Waals surface area contributed by atoms with Crippen molar-refractivity contribution in [3.8, 4) is 5.75 Å². The summed E-state index contributed by atoms with van der Waals surface area (Å²) in [6, 6.07) is 23.3. The molecule has 0 saturated carbocycles. The molecule has 1 saturated heterocycles. The Balaban J connectivity index is 1.42. The number of ether oxygens (including phenoxy) is 1. The Labute approximate surface area is 210 Å². The highest BCUT2D eigenvalue weighted by Gasteiger charge is 2.22. The minimum atomic E-state index is 0.0343. The van der Waals surface area contributed by atoms with Crippen molar-refractivity contribution in [2.75, 3.05) is 37.6 Å². The average molecular weight is 477 g/mol. The van der Waals surface area contributed by atoms with Crippen LogP contribution in [0.15, 0.2) is 66.7 Å². The van der Waals surface area contributed by atoms with Crippen molar-refractivity contribution in [1.29, 1.82) is 0 Å². The lowest BCUT2D eigenvalue weighted by molar-refractivity contribution is 0.159. The van der Waals surface area contributed by atoms with E-state index in [0.29, 0.717) is 5.92 Å². The first-order valence-electron chi connectivity index (χ1n) is 12.5. The van der Waals surface area contributed by atoms with Crippen LogP contribution in [0.1, 0.15) is 54.5 Å². The Morgan fingerprint density at radius 3 is 2.21 bits per heavy atom. The van der Waals surface area contributed by atoms with Crippen LogP contribution in [0.3, 0.4) is 0 Å². The second kappa shape index (κ2) is 11.3. The van der Waals surface area contributed by atoms with Crippen molar-refractivity contribution in [3.63, 3.8) is 0 Å². The normalized spacial score (nSPS) is 15.5. The van der Waals surface area contributed by atoms with Crippen LogP contribution in [0.25, 0.3) is 0 Å². The van der Waals surface area contributed by atoms with E-state index in [0.717, 1.165) is 55.6 Å². The Hall–Kier alpha value is -2.49. The maximum Gasteiger partial charge on any atom is 0.125 e. The number of halogens is 1. The van der Waals surface area contributed by atoms with Crippen LogP contribution in [0.5, 0.6) is 5.75 Å². The zero-order valence-corrected chi connectivity index (χ0v) is 21.7. The predicted molar refractivity (Wildman–Crippen MR) is 145 cm³/mol. The summed E-state index contributed by atoms with van der Waals surface area (Å²) in [4.78, 5) is 4.95. The monoisotopic (exact) mass is 476 g/mol. The summed E-state index contributed by atoms with van der Waals surface area (Å²) in [6.07, 6.45) is 0.995. The zero-order valence-electron chi connectivity index (χ0n) is 20.9. The average Bonchev–Trinajstić information content (AvgIpc) is 2.83. The largest absolute Gasteiger partial charge is 0.486 e. The van der Waals surface area contributed by atoms with Gasteiger partial charge in [-0.1, -0.05) is 67.9 Å². The Morgan fingerprint density at radius 1 is 0.824 bits per heavy atom. The van der Waals surface area contributed by atoms with E-state index in [4.69, 9.17) is 16.3 Å². The molecular formula is C30H37ClN2O. The van der Waals surface area contributed by atoms with E-state index in [1.807, 2.05) is 12.1 Å². The number of hydrogen-bond acceptors (Lipinski definition) is 3. The van der Waals surface area contributed by atoms with Crippen molar-refractivity contribution in [1.82, 2.24) is 4.90 Å². The predicted octanol–water partition coefficient (Wildman–Crippen LogP) is 7.41. The second-order valence-corrected chi connectivity index (χ2v) is 10.1. The second-order valence-electron chi connectivity index (χ2n) is 9.70. The third-order valence-corrected chi connectivity index (χ3v) is 7.27. The molecule has 1 aliphatic rings. The molecular weight excluding hydrogens is 440 g/mol. The molecule has 0 spiro atoms. The Bertz CT molecular complexity index is 1090. The van der Waals surface area contributed by atoms with Crippen LogP contribution in [-0.2, 0) is 0 Å². The number of aryl methyl sites for hydroxylation is 2. The van der Waals surface area contributed by atoms with E-state index in [1.165, 1.54) is 22.3 Å². The van der Waals surface area contributed by atoms with Gasteiger partial charge in [-0.2, -0.15) is 0 Å². The van der Waals surface area contributed by atoms with Crippen LogP contribution in [0.2, 0.25) is 5.02 Å². The zero-order chi connectivity index (χ0) is 24.1. The Morgan fingerprint density at radius 2 is 1.53 bits per heavy atom. The molecule has 0 N–H and O–H groups in total. The maximum absolute atomic E-state index is 6.64. The number of nitrogens with zero attached hydrogens (tertiary/aromatic N) is 2. The van der Waals surface area contributed by atoms with E-state index in [2.05, 4.69) is 92.1 Å². The summed E-state index contributed by atoms with van der Waals surface area (Å²) in [5.74, 6) is 1.48. The molecule has 34 heavy (non-hydrogen) atoms. The lowest BCUT2D eigenvalue weighted by Crippen LogP contribution is -2.47. The molecule has 0 aromatic heterocycles. The summed E-state index contributed by atoms with van der Waals surface area (Å²) < 4.78 is 6.64. The third-order valence-electron chi connectivity index (χ3n) is 6.95. The number of anilines is 1. The number of para-hydroxylation sites is 1. The van der Waals surface area contributed by atoms with Crippen LogP contribution in [-0.4, -0.2) is 37.6 Å². The highest BCUT2D eigenvalue weighted by atomic mass is 35.5. The molecule has 0 bridgehead atoms. The van der Waals surface area contributed by atoms with Crippen LogP contribution < -0.4 is 9.64 Å². The molecule has 0 aliphatic carbocycles. The molecule has 4 rings (SSSR count). The van der Waals surface area contributed by atoms with Crippen molar-refractivity contribution >= 4 is 17.3 Å². The van der Waals surface area contributed by atoms with E-state index < -0.39 is 0 Å². The lowest BCUT2D eigenvalue weighted by atomic mass is 9.97. The van der Waals surface area contributed by atoms with Gasteiger partial charge in [0, 0.05) is 39.1 Å². The number of benzene rings is 3. The van der Waals surface area contributed by atoms with Gasteiger partial charge in [0.2, 0.25) is 0 Å². The van der Waals surface area contributed by atoms with Crippen molar-refractivity contribution in [2.24, 2.45) is 0 Å². The highest BCUT2D eigenvalue weighted by molar-refractivity contribution is 6.33. The fraction of sp³-hybridized carbons (Fsp3) is 0.400. The molecule has 4 heteroatoms. The van der Waals surface area contributed by atoms with Gasteiger partial charge in [0.25, 0.3) is 0 Å². The quantitative estimate of drug-likeness (QED) is 0.336. The van der Waals surface area contributed by atoms with Gasteiger partial charge in [-0.3, -0.25) is 4.90 Å². The smallest absolute Gasteiger partial charge is 0.125 e. The third kappa shape index (κ3) is 5.95. The van der Waals surface area contributed by atoms with Gasteiger partial charge in [0.1, 0.15) is 11.9 Å². The lowest BCUT2D eigenvalue weighted by Gasteiger charge is -2.37. The first kappa shape index (κ1) is 24.6. The van der Waals surface area contributed by atoms with E-state index in [-0.39, 0.29) is 6.10 Å². The maximum atomic E-state index is 6.64. The molecule has 1 heterocycles. The van der Waals surface area contributed by atoms with Gasteiger partial charge in [0.05, 0.1) is 10.7 Å². The molecule has 1 aliphatic heterocycles. The summed E-state index contributed by atoms with van der Waals surface area (Å²) in [6.45, 7) is 13.9. The SMILES string of the molecule is Cc1cc(O[C@@H](CCN2CCN(c3ccccc3Cl)CC2)c2ccccc2C)ccc1C(C)C. The fourth-order valence-corrected chi connectivity index (χ4v) is 5.24. The topological polar surface area (TPSA) is 15.7 Å². The summed E-state index contributed by atoms with van der Waals surface area (Å²) >= 11 is 6.42. The molecule has 0 unspecified atom stereocenters. The van der Waals surface area contributed by atoms with Crippen LogP contribution in [0, 0.1) is 13.8 Å². The van der Waals surface area contributed by atoms with Crippen molar-refractivity contribution < 1.29 is 4.74 Å². The summed E-state index contributed by atoms with van der Waals surface area (Å²) in [7, 11) is 0. The van der Waals surface area contributed by atoms with E-state index in [9.17, 15) is 0 Å². The molecule has 3 nitrogen and oxygen atoms in total. The first-order valence-corrected chi connectivity index (χ1v) is 12.8. The Kier molecular flexibility index (Phi) is 8.18. The van der Waals surface area contributed by atoms with Crippen molar-refractivity contribution in [2.45, 2.75) is 46.1 Å². The van der Waals surface area contributed by atoms with E-state index in [1.54, 1.807) is 0 Å². The van der Waals surface area contributed by atoms with Gasteiger partial charge in [-0.05, 0) is 66.3 Å². The van der Waals surface area contributed by atoms with Gasteiger partial charge in [-0.15, -0.1) is 0 Å². The molecule has 3 aromatic carbocycles. The van der Waals surface area contributed by atoms with Gasteiger partial charge < -0.3 is 9.64 Å². The molecule has 180 valence electrons. The summed E-state index contributed by atoms with van der Waals surface area (Å²) in [5, 5.41) is 0.836. The summed E-state index contributed by atoms with van der Waals surface area (Å²) in [5.41, 5.74) is 6.39. The molecule has 1 atom stereocenters. The van der Waals surface area contributed by atoms with Crippen LogP contribution >= 0.6 is 11.6 Å². The molecule has 1 fully saturated rings. The molecule has 0 radical (unpaired) electrons. The minimum absolute atomic E-state index is 0.0343. The fourth-order valence-electron chi connectivity index (χ4n) is 4.98. The van der Waals surface area contributed by atoms with E-state index >= 15 is 0 Å². The minimum Gasteiger partial charge on any atom is -0.486 e. The number of hydrogen-bond donors (Lipinski definition) is 0. The first-order chi connectivity index (χ1) is 16.4. The van der Waals surface area contributed by atoms with Gasteiger partial charge in [0.15, 0.2) is 0 Å². The van der Waals surface area contributed by atoms with Crippen LogP contribution in [0.4, 0.5) is 5.69 Å². The highest BCUT2D eigenvalue weighted by Crippen LogP contribution is 2.31. The number of rotatable bonds is 8. The van der Waals surface area contributed by atoms with Gasteiger partial charge >= 0.3 is 0 Å².